The minimum absolute atomic E-state index is 0.168. The largest absolute Gasteiger partial charge is 0.416 e. The number of hydrogen-bond acceptors (Lipinski definition) is 2. The van der Waals surface area contributed by atoms with Gasteiger partial charge in [-0.2, -0.15) is 13.2 Å². The molecule has 0 spiro atoms. The first kappa shape index (κ1) is 15.5. The second-order valence-electron chi connectivity index (χ2n) is 6.45. The Morgan fingerprint density at radius 1 is 1.08 bits per heavy atom. The van der Waals surface area contributed by atoms with Gasteiger partial charge in [-0.15, -0.1) is 0 Å². The van der Waals surface area contributed by atoms with Crippen molar-refractivity contribution >= 4 is 5.57 Å². The van der Waals surface area contributed by atoms with Gasteiger partial charge in [0.1, 0.15) is 0 Å². The van der Waals surface area contributed by atoms with Gasteiger partial charge in [0.2, 0.25) is 0 Å². The van der Waals surface area contributed by atoms with Crippen molar-refractivity contribution < 1.29 is 13.2 Å². The van der Waals surface area contributed by atoms with E-state index in [4.69, 9.17) is 0 Å². The molecule has 1 unspecified atom stereocenters. The Morgan fingerprint density at radius 2 is 1.92 bits per heavy atom. The molecule has 1 N–H and O–H groups in total. The third kappa shape index (κ3) is 2.67. The van der Waals surface area contributed by atoms with E-state index in [1.54, 1.807) is 12.1 Å². The number of nitrogens with zero attached hydrogens (tertiary/aromatic N) is 1. The summed E-state index contributed by atoms with van der Waals surface area (Å²) in [5.74, 6) is 0. The zero-order valence-corrected chi connectivity index (χ0v) is 13.2. The van der Waals surface area contributed by atoms with E-state index in [0.29, 0.717) is 12.0 Å². The van der Waals surface area contributed by atoms with Crippen molar-refractivity contribution in [2.45, 2.75) is 25.1 Å². The van der Waals surface area contributed by atoms with Crippen LogP contribution < -0.4 is 5.32 Å². The topological polar surface area (TPSA) is 15.3 Å². The molecule has 2 aliphatic heterocycles. The van der Waals surface area contributed by atoms with Gasteiger partial charge >= 0.3 is 6.18 Å². The number of benzene rings is 1. The quantitative estimate of drug-likeness (QED) is 0.837. The Labute approximate surface area is 139 Å². The standard InChI is InChI=1S/C19H19F3N2/c20-19(21,22)17-4-2-1-3-16(17)13-5-6-14-11-15-7-8-23-9-10-24(15)18(14)12-13/h1-6,11,18,23H,7-10,12H2. The second kappa shape index (κ2) is 5.81. The highest BCUT2D eigenvalue weighted by atomic mass is 19.4. The molecule has 5 heteroatoms. The summed E-state index contributed by atoms with van der Waals surface area (Å²) >= 11 is 0. The van der Waals surface area contributed by atoms with Gasteiger partial charge in [-0.1, -0.05) is 30.4 Å². The third-order valence-corrected chi connectivity index (χ3v) is 5.02. The van der Waals surface area contributed by atoms with Crippen LogP contribution in [0.25, 0.3) is 5.57 Å². The van der Waals surface area contributed by atoms with Gasteiger partial charge in [-0.25, -0.2) is 0 Å². The molecule has 1 aromatic rings. The molecule has 1 aromatic carbocycles. The maximum absolute atomic E-state index is 13.3. The molecule has 1 saturated heterocycles. The zero-order valence-electron chi connectivity index (χ0n) is 13.2. The highest BCUT2D eigenvalue weighted by molar-refractivity contribution is 5.73. The first-order valence-corrected chi connectivity index (χ1v) is 8.29. The maximum atomic E-state index is 13.3. The molecule has 1 fully saturated rings. The van der Waals surface area contributed by atoms with Crippen molar-refractivity contribution in [1.29, 1.82) is 0 Å². The summed E-state index contributed by atoms with van der Waals surface area (Å²) in [6.45, 7) is 2.78. The van der Waals surface area contributed by atoms with Gasteiger partial charge in [-0.3, -0.25) is 0 Å². The molecule has 24 heavy (non-hydrogen) atoms. The van der Waals surface area contributed by atoms with Crippen LogP contribution in [0, 0.1) is 0 Å². The Morgan fingerprint density at radius 3 is 2.75 bits per heavy atom. The van der Waals surface area contributed by atoms with Crippen molar-refractivity contribution in [2.24, 2.45) is 0 Å². The molecule has 0 radical (unpaired) electrons. The van der Waals surface area contributed by atoms with Crippen LogP contribution >= 0.6 is 0 Å². The maximum Gasteiger partial charge on any atom is 0.416 e. The van der Waals surface area contributed by atoms with Crippen LogP contribution in [-0.4, -0.2) is 30.6 Å². The molecule has 0 amide bonds. The minimum Gasteiger partial charge on any atom is -0.366 e. The normalized spacial score (nSPS) is 23.7. The second-order valence-corrected chi connectivity index (χ2v) is 6.45. The number of nitrogens with one attached hydrogen (secondary N) is 1. The molecule has 4 rings (SSSR count). The van der Waals surface area contributed by atoms with Gasteiger partial charge in [0.25, 0.3) is 0 Å². The predicted molar refractivity (Wildman–Crippen MR) is 88.2 cm³/mol. The number of halogens is 3. The van der Waals surface area contributed by atoms with E-state index in [1.807, 2.05) is 12.2 Å². The van der Waals surface area contributed by atoms with E-state index in [0.717, 1.165) is 31.6 Å². The van der Waals surface area contributed by atoms with Crippen LogP contribution in [-0.2, 0) is 6.18 Å². The molecule has 3 aliphatic rings. The number of rotatable bonds is 1. The van der Waals surface area contributed by atoms with Crippen LogP contribution in [0.1, 0.15) is 24.0 Å². The number of fused-ring (bicyclic) bond motifs is 3. The minimum atomic E-state index is -4.33. The first-order valence-electron chi connectivity index (χ1n) is 8.29. The summed E-state index contributed by atoms with van der Waals surface area (Å²) in [7, 11) is 0. The first-order chi connectivity index (χ1) is 11.5. The van der Waals surface area contributed by atoms with Gasteiger partial charge in [0, 0.05) is 25.3 Å². The lowest BCUT2D eigenvalue weighted by Crippen LogP contribution is -2.34. The SMILES string of the molecule is FC(F)(F)c1ccccc1C1=CC=C2C=C3CCNCCN3C2C1. The summed E-state index contributed by atoms with van der Waals surface area (Å²) < 4.78 is 40.0. The molecule has 0 bridgehead atoms. The lowest BCUT2D eigenvalue weighted by Gasteiger charge is -2.32. The van der Waals surface area contributed by atoms with E-state index in [2.05, 4.69) is 16.3 Å². The Balaban J connectivity index is 1.69. The molecule has 1 atom stereocenters. The van der Waals surface area contributed by atoms with Gasteiger partial charge in [0.15, 0.2) is 0 Å². The fraction of sp³-hybridized carbons (Fsp3) is 0.368. The molecule has 2 nitrogen and oxygen atoms in total. The fourth-order valence-corrected chi connectivity index (χ4v) is 3.88. The van der Waals surface area contributed by atoms with E-state index in [-0.39, 0.29) is 6.04 Å². The molecule has 0 saturated carbocycles. The number of alkyl halides is 3. The zero-order chi connectivity index (χ0) is 16.7. The van der Waals surface area contributed by atoms with Crippen molar-refractivity contribution in [1.82, 2.24) is 10.2 Å². The van der Waals surface area contributed by atoms with E-state index >= 15 is 0 Å². The smallest absolute Gasteiger partial charge is 0.366 e. The van der Waals surface area contributed by atoms with E-state index < -0.39 is 11.7 Å². The van der Waals surface area contributed by atoms with Crippen molar-refractivity contribution in [3.8, 4) is 0 Å². The van der Waals surface area contributed by atoms with Crippen molar-refractivity contribution in [3.05, 3.63) is 64.9 Å². The van der Waals surface area contributed by atoms with E-state index in [1.165, 1.54) is 23.4 Å². The molecule has 2 heterocycles. The fourth-order valence-electron chi connectivity index (χ4n) is 3.88. The number of allylic oxidation sites excluding steroid dienone is 2. The Hall–Kier alpha value is -2.01. The van der Waals surface area contributed by atoms with Gasteiger partial charge < -0.3 is 10.2 Å². The molecular weight excluding hydrogens is 313 g/mol. The van der Waals surface area contributed by atoms with Crippen LogP contribution in [0.3, 0.4) is 0 Å². The van der Waals surface area contributed by atoms with Gasteiger partial charge in [-0.05, 0) is 41.7 Å². The molecular formula is C19H19F3N2. The van der Waals surface area contributed by atoms with E-state index in [9.17, 15) is 13.2 Å². The average molecular weight is 332 g/mol. The van der Waals surface area contributed by atoms with Crippen LogP contribution in [0.15, 0.2) is 53.8 Å². The monoisotopic (exact) mass is 332 g/mol. The lowest BCUT2D eigenvalue weighted by molar-refractivity contribution is -0.137. The Bertz CT molecular complexity index is 743. The van der Waals surface area contributed by atoms with Crippen molar-refractivity contribution in [3.63, 3.8) is 0 Å². The summed E-state index contributed by atoms with van der Waals surface area (Å²) in [5.41, 5.74) is 3.05. The highest BCUT2D eigenvalue weighted by Crippen LogP contribution is 2.41. The van der Waals surface area contributed by atoms with Crippen LogP contribution in [0.4, 0.5) is 13.2 Å². The summed E-state index contributed by atoms with van der Waals surface area (Å²) in [6, 6.07) is 6.05. The molecule has 126 valence electrons. The third-order valence-electron chi connectivity index (χ3n) is 5.02. The molecule has 1 aliphatic carbocycles. The lowest BCUT2D eigenvalue weighted by atomic mass is 9.88. The number of hydrogen-bond donors (Lipinski definition) is 1. The predicted octanol–water partition coefficient (Wildman–Crippen LogP) is 3.98. The summed E-state index contributed by atoms with van der Waals surface area (Å²) in [5, 5.41) is 3.38. The van der Waals surface area contributed by atoms with Crippen LogP contribution in [0.5, 0.6) is 0 Å². The van der Waals surface area contributed by atoms with Crippen LogP contribution in [0.2, 0.25) is 0 Å². The Kier molecular flexibility index (Phi) is 3.76. The van der Waals surface area contributed by atoms with Crippen molar-refractivity contribution in [2.75, 3.05) is 19.6 Å². The molecule has 0 aromatic heterocycles. The summed E-state index contributed by atoms with van der Waals surface area (Å²) in [4.78, 5) is 2.36. The highest BCUT2D eigenvalue weighted by Gasteiger charge is 2.37. The average Bonchev–Trinajstić information content (AvgIpc) is 2.74. The van der Waals surface area contributed by atoms with Gasteiger partial charge in [0.05, 0.1) is 11.6 Å². The summed E-state index contributed by atoms with van der Waals surface area (Å²) in [6.07, 6.45) is 3.33.